The van der Waals surface area contributed by atoms with E-state index in [4.69, 9.17) is 4.42 Å². The molecule has 128 valence electrons. The molecule has 4 nitrogen and oxygen atoms in total. The van der Waals surface area contributed by atoms with Gasteiger partial charge in [0.25, 0.3) is 0 Å². The van der Waals surface area contributed by atoms with Crippen LogP contribution in [-0.4, -0.2) is 23.5 Å². The number of carbonyl (C=O) groups is 1. The van der Waals surface area contributed by atoms with Gasteiger partial charge in [0.15, 0.2) is 0 Å². The molecule has 0 spiro atoms. The predicted octanol–water partition coefficient (Wildman–Crippen LogP) is 4.28. The van der Waals surface area contributed by atoms with E-state index in [0.717, 1.165) is 30.8 Å². The van der Waals surface area contributed by atoms with Crippen LogP contribution in [0.1, 0.15) is 42.8 Å². The summed E-state index contributed by atoms with van der Waals surface area (Å²) < 4.78 is 5.68. The molecule has 1 fully saturated rings. The molecule has 1 aliphatic rings. The summed E-state index contributed by atoms with van der Waals surface area (Å²) in [5.41, 5.74) is 1.24. The molecule has 1 N–H and O–H groups in total. The van der Waals surface area contributed by atoms with Crippen molar-refractivity contribution in [3.63, 3.8) is 0 Å². The van der Waals surface area contributed by atoms with Crippen LogP contribution in [0.25, 0.3) is 0 Å². The van der Waals surface area contributed by atoms with E-state index in [2.05, 4.69) is 17.4 Å². The Kier molecular flexibility index (Phi) is 5.57. The van der Waals surface area contributed by atoms with Crippen molar-refractivity contribution in [1.29, 1.82) is 0 Å². The second-order valence-corrected chi connectivity index (χ2v) is 6.55. The van der Waals surface area contributed by atoms with Gasteiger partial charge in [0, 0.05) is 12.6 Å². The zero-order valence-electron chi connectivity index (χ0n) is 14.3. The molecule has 0 bridgehead atoms. The summed E-state index contributed by atoms with van der Waals surface area (Å²) in [4.78, 5) is 14.7. The molecule has 1 heterocycles. The summed E-state index contributed by atoms with van der Waals surface area (Å²) in [5.74, 6) is 1.75. The van der Waals surface area contributed by atoms with E-state index in [9.17, 15) is 4.79 Å². The van der Waals surface area contributed by atoms with Crippen LogP contribution in [0.3, 0.4) is 0 Å². The number of amides is 2. The van der Waals surface area contributed by atoms with Crippen LogP contribution in [0.5, 0.6) is 0 Å². The molecule has 1 saturated carbocycles. The fourth-order valence-electron chi connectivity index (χ4n) is 3.38. The van der Waals surface area contributed by atoms with Crippen molar-refractivity contribution >= 4 is 6.03 Å². The molecule has 0 aliphatic heterocycles. The van der Waals surface area contributed by atoms with Crippen LogP contribution >= 0.6 is 0 Å². The second-order valence-electron chi connectivity index (χ2n) is 6.55. The summed E-state index contributed by atoms with van der Waals surface area (Å²) in [6.07, 6.45) is 5.44. The van der Waals surface area contributed by atoms with Crippen LogP contribution in [-0.2, 0) is 13.0 Å². The van der Waals surface area contributed by atoms with Crippen molar-refractivity contribution in [2.75, 3.05) is 6.54 Å². The third-order valence-electron chi connectivity index (χ3n) is 4.68. The zero-order valence-corrected chi connectivity index (χ0v) is 14.3. The first-order valence-corrected chi connectivity index (χ1v) is 8.86. The first-order valence-electron chi connectivity index (χ1n) is 8.86. The molecule has 2 amide bonds. The Morgan fingerprint density at radius 2 is 1.92 bits per heavy atom. The summed E-state index contributed by atoms with van der Waals surface area (Å²) >= 11 is 0. The molecule has 2 aromatic rings. The van der Waals surface area contributed by atoms with Crippen molar-refractivity contribution in [2.24, 2.45) is 0 Å². The first kappa shape index (κ1) is 16.6. The van der Waals surface area contributed by atoms with Gasteiger partial charge in [-0.25, -0.2) is 4.79 Å². The summed E-state index contributed by atoms with van der Waals surface area (Å²) in [7, 11) is 0. The Bertz CT molecular complexity index is 645. The normalized spacial score (nSPS) is 14.7. The molecular weight excluding hydrogens is 300 g/mol. The van der Waals surface area contributed by atoms with Crippen molar-refractivity contribution in [2.45, 2.75) is 51.6 Å². The van der Waals surface area contributed by atoms with Gasteiger partial charge in [0.2, 0.25) is 0 Å². The highest BCUT2D eigenvalue weighted by atomic mass is 16.3. The Morgan fingerprint density at radius 3 is 2.58 bits per heavy atom. The number of benzene rings is 1. The van der Waals surface area contributed by atoms with Gasteiger partial charge >= 0.3 is 6.03 Å². The molecular formula is C20H26N2O2. The molecule has 0 atom stereocenters. The van der Waals surface area contributed by atoms with Gasteiger partial charge in [0.1, 0.15) is 11.5 Å². The van der Waals surface area contributed by atoms with Crippen LogP contribution in [0.4, 0.5) is 4.79 Å². The zero-order chi connectivity index (χ0) is 16.8. The lowest BCUT2D eigenvalue weighted by atomic mass is 10.1. The van der Waals surface area contributed by atoms with Crippen LogP contribution in [0, 0.1) is 6.92 Å². The highest BCUT2D eigenvalue weighted by molar-refractivity contribution is 5.74. The molecule has 1 aliphatic carbocycles. The van der Waals surface area contributed by atoms with Crippen molar-refractivity contribution < 1.29 is 9.21 Å². The summed E-state index contributed by atoms with van der Waals surface area (Å²) in [6, 6.07) is 14.5. The highest BCUT2D eigenvalue weighted by Gasteiger charge is 2.27. The third kappa shape index (κ3) is 4.40. The molecule has 24 heavy (non-hydrogen) atoms. The van der Waals surface area contributed by atoms with Gasteiger partial charge in [-0.2, -0.15) is 0 Å². The van der Waals surface area contributed by atoms with Crippen molar-refractivity contribution in [3.8, 4) is 0 Å². The average molecular weight is 326 g/mol. The maximum absolute atomic E-state index is 12.7. The molecule has 3 rings (SSSR count). The Hall–Kier alpha value is -2.23. The van der Waals surface area contributed by atoms with Crippen molar-refractivity contribution in [1.82, 2.24) is 10.2 Å². The van der Waals surface area contributed by atoms with E-state index in [1.165, 1.54) is 18.4 Å². The lowest BCUT2D eigenvalue weighted by Gasteiger charge is -2.28. The fraction of sp³-hybridized carbons (Fsp3) is 0.450. The van der Waals surface area contributed by atoms with E-state index in [-0.39, 0.29) is 6.03 Å². The number of urea groups is 1. The predicted molar refractivity (Wildman–Crippen MR) is 94.8 cm³/mol. The van der Waals surface area contributed by atoms with Crippen molar-refractivity contribution in [3.05, 3.63) is 59.5 Å². The van der Waals surface area contributed by atoms with Gasteiger partial charge in [-0.3, -0.25) is 0 Å². The number of aryl methyl sites for hydroxylation is 1. The molecule has 4 heteroatoms. The van der Waals surface area contributed by atoms with Crippen LogP contribution < -0.4 is 5.32 Å². The number of hydrogen-bond acceptors (Lipinski definition) is 2. The largest absolute Gasteiger partial charge is 0.464 e. The number of furan rings is 1. The third-order valence-corrected chi connectivity index (χ3v) is 4.68. The summed E-state index contributed by atoms with van der Waals surface area (Å²) in [6.45, 7) is 3.14. The number of nitrogens with zero attached hydrogens (tertiary/aromatic N) is 1. The van der Waals surface area contributed by atoms with Gasteiger partial charge in [-0.1, -0.05) is 43.2 Å². The SMILES string of the molecule is Cc1ccc(CN(C(=O)NCCc2ccccc2)C2CCCC2)o1. The van der Waals surface area contributed by atoms with E-state index in [0.29, 0.717) is 19.1 Å². The number of hydrogen-bond donors (Lipinski definition) is 1. The maximum atomic E-state index is 12.7. The monoisotopic (exact) mass is 326 g/mol. The van der Waals surface area contributed by atoms with Gasteiger partial charge in [-0.15, -0.1) is 0 Å². The molecule has 0 unspecified atom stereocenters. The van der Waals surface area contributed by atoms with E-state index in [1.807, 2.05) is 42.2 Å². The Labute approximate surface area is 143 Å². The molecule has 1 aromatic heterocycles. The highest BCUT2D eigenvalue weighted by Crippen LogP contribution is 2.25. The van der Waals surface area contributed by atoms with Gasteiger partial charge in [-0.05, 0) is 43.9 Å². The molecule has 0 radical (unpaired) electrons. The second kappa shape index (κ2) is 8.04. The fourth-order valence-corrected chi connectivity index (χ4v) is 3.38. The lowest BCUT2D eigenvalue weighted by Crippen LogP contribution is -2.45. The minimum Gasteiger partial charge on any atom is -0.464 e. The first-order chi connectivity index (χ1) is 11.7. The number of nitrogens with one attached hydrogen (secondary N) is 1. The van der Waals surface area contributed by atoms with E-state index in [1.54, 1.807) is 0 Å². The summed E-state index contributed by atoms with van der Waals surface area (Å²) in [5, 5.41) is 3.08. The minimum atomic E-state index is 0.0203. The quantitative estimate of drug-likeness (QED) is 0.861. The molecule has 1 aromatic carbocycles. The van der Waals surface area contributed by atoms with Gasteiger partial charge < -0.3 is 14.6 Å². The van der Waals surface area contributed by atoms with E-state index >= 15 is 0 Å². The minimum absolute atomic E-state index is 0.0203. The smallest absolute Gasteiger partial charge is 0.318 e. The van der Waals surface area contributed by atoms with Crippen LogP contribution in [0.2, 0.25) is 0 Å². The van der Waals surface area contributed by atoms with Gasteiger partial charge in [0.05, 0.1) is 6.54 Å². The Balaban J connectivity index is 1.58. The lowest BCUT2D eigenvalue weighted by molar-refractivity contribution is 0.165. The number of rotatable bonds is 6. The Morgan fingerprint density at radius 1 is 1.17 bits per heavy atom. The standard InChI is InChI=1S/C20H26N2O2/c1-16-11-12-19(24-16)15-22(18-9-5-6-10-18)20(23)21-14-13-17-7-3-2-4-8-17/h2-4,7-8,11-12,18H,5-6,9-10,13-15H2,1H3,(H,21,23). The molecule has 0 saturated heterocycles. The average Bonchev–Trinajstić information content (AvgIpc) is 3.25. The number of carbonyl (C=O) groups excluding carboxylic acids is 1. The van der Waals surface area contributed by atoms with Crippen LogP contribution in [0.15, 0.2) is 46.9 Å². The van der Waals surface area contributed by atoms with E-state index < -0.39 is 0 Å². The maximum Gasteiger partial charge on any atom is 0.318 e. The topological polar surface area (TPSA) is 45.5 Å².